The number of pyridine rings is 1. The number of alkyl halides is 1. The Morgan fingerprint density at radius 2 is 2.18 bits per heavy atom. The molecule has 2 N–H and O–H groups in total. The molecule has 3 nitrogen and oxygen atoms in total. The lowest BCUT2D eigenvalue weighted by molar-refractivity contribution is 0.902. The molecule has 92 valence electrons. The van der Waals surface area contributed by atoms with E-state index in [0.29, 0.717) is 5.82 Å². The molecule has 0 bridgehead atoms. The highest BCUT2D eigenvalue weighted by Gasteiger charge is 2.00. The van der Waals surface area contributed by atoms with Crippen LogP contribution in [-0.4, -0.2) is 21.0 Å². The SMILES string of the molecule is Nc1cn2cc(CSCCCCCl)ccc2n1. The molecule has 0 spiro atoms. The second-order valence-corrected chi connectivity index (χ2v) is 5.40. The number of hydrogen-bond donors (Lipinski definition) is 1. The van der Waals surface area contributed by atoms with Crippen LogP contribution in [0.3, 0.4) is 0 Å². The number of anilines is 1. The zero-order chi connectivity index (χ0) is 12.1. The maximum atomic E-state index is 5.65. The summed E-state index contributed by atoms with van der Waals surface area (Å²) in [6, 6.07) is 4.11. The first kappa shape index (κ1) is 12.6. The van der Waals surface area contributed by atoms with Gasteiger partial charge in [0, 0.05) is 17.8 Å². The van der Waals surface area contributed by atoms with Crippen LogP contribution in [0.1, 0.15) is 18.4 Å². The van der Waals surface area contributed by atoms with Gasteiger partial charge in [0.2, 0.25) is 0 Å². The van der Waals surface area contributed by atoms with Gasteiger partial charge >= 0.3 is 0 Å². The van der Waals surface area contributed by atoms with Crippen LogP contribution < -0.4 is 5.73 Å². The molecule has 0 amide bonds. The molecule has 0 aliphatic carbocycles. The molecule has 0 saturated heterocycles. The van der Waals surface area contributed by atoms with Crippen LogP contribution in [-0.2, 0) is 5.75 Å². The highest BCUT2D eigenvalue weighted by molar-refractivity contribution is 7.98. The Balaban J connectivity index is 1.90. The number of nitrogen functional groups attached to an aromatic ring is 1. The number of nitrogens with zero attached hydrogens (tertiary/aromatic N) is 2. The van der Waals surface area contributed by atoms with Crippen molar-refractivity contribution in [3.05, 3.63) is 30.1 Å². The third kappa shape index (κ3) is 3.54. The predicted molar refractivity (Wildman–Crippen MR) is 75.7 cm³/mol. The maximum absolute atomic E-state index is 5.65. The first-order chi connectivity index (χ1) is 8.29. The molecule has 0 aromatic carbocycles. The van der Waals surface area contributed by atoms with Gasteiger partial charge in [0.25, 0.3) is 0 Å². The van der Waals surface area contributed by atoms with Crippen LogP contribution in [0.2, 0.25) is 0 Å². The van der Waals surface area contributed by atoms with Gasteiger partial charge in [-0.25, -0.2) is 4.98 Å². The predicted octanol–water partition coefficient (Wildman–Crippen LogP) is 3.17. The number of halogens is 1. The van der Waals surface area contributed by atoms with Gasteiger partial charge in [-0.3, -0.25) is 0 Å². The molecule has 0 radical (unpaired) electrons. The lowest BCUT2D eigenvalue weighted by Gasteiger charge is -2.02. The fraction of sp³-hybridized carbons (Fsp3) is 0.417. The first-order valence-electron chi connectivity index (χ1n) is 5.66. The average Bonchev–Trinajstić information content (AvgIpc) is 2.68. The zero-order valence-corrected chi connectivity index (χ0v) is 11.2. The van der Waals surface area contributed by atoms with E-state index in [9.17, 15) is 0 Å². The van der Waals surface area contributed by atoms with Crippen LogP contribution >= 0.6 is 23.4 Å². The summed E-state index contributed by atoms with van der Waals surface area (Å²) in [5.74, 6) is 3.52. The molecule has 2 aromatic rings. The minimum Gasteiger partial charge on any atom is -0.382 e. The lowest BCUT2D eigenvalue weighted by atomic mass is 10.3. The van der Waals surface area contributed by atoms with Crippen molar-refractivity contribution in [2.75, 3.05) is 17.4 Å². The van der Waals surface area contributed by atoms with Gasteiger partial charge in [-0.15, -0.1) is 11.6 Å². The molecule has 5 heteroatoms. The maximum Gasteiger partial charge on any atom is 0.142 e. The van der Waals surface area contributed by atoms with Gasteiger partial charge in [0.15, 0.2) is 0 Å². The summed E-state index contributed by atoms with van der Waals surface area (Å²) in [5.41, 5.74) is 7.84. The number of thioether (sulfide) groups is 1. The number of rotatable bonds is 6. The van der Waals surface area contributed by atoms with E-state index >= 15 is 0 Å². The molecular formula is C12H16ClN3S. The molecule has 0 aliphatic rings. The molecule has 0 unspecified atom stereocenters. The van der Waals surface area contributed by atoms with Crippen molar-refractivity contribution in [1.82, 2.24) is 9.38 Å². The third-order valence-electron chi connectivity index (χ3n) is 2.47. The molecule has 2 aromatic heterocycles. The Bertz CT molecular complexity index is 484. The summed E-state index contributed by atoms with van der Waals surface area (Å²) in [6.07, 6.45) is 6.23. The fourth-order valence-electron chi connectivity index (χ4n) is 1.63. The summed E-state index contributed by atoms with van der Waals surface area (Å²) in [7, 11) is 0. The molecule has 2 heterocycles. The summed E-state index contributed by atoms with van der Waals surface area (Å²) in [5, 5.41) is 0. The van der Waals surface area contributed by atoms with Crippen LogP contribution in [0.25, 0.3) is 5.65 Å². The van der Waals surface area contributed by atoms with Crippen molar-refractivity contribution in [1.29, 1.82) is 0 Å². The summed E-state index contributed by atoms with van der Waals surface area (Å²) >= 11 is 7.57. The Morgan fingerprint density at radius 3 is 3.00 bits per heavy atom. The molecule has 2 rings (SSSR count). The Hall–Kier alpha value is -0.870. The van der Waals surface area contributed by atoms with E-state index in [2.05, 4.69) is 17.2 Å². The van der Waals surface area contributed by atoms with Crippen LogP contribution in [0.4, 0.5) is 5.82 Å². The van der Waals surface area contributed by atoms with Crippen molar-refractivity contribution < 1.29 is 0 Å². The number of imidazole rings is 1. The van der Waals surface area contributed by atoms with Gasteiger partial charge in [0.05, 0.1) is 6.20 Å². The number of unbranched alkanes of at least 4 members (excludes halogenated alkanes) is 1. The monoisotopic (exact) mass is 269 g/mol. The zero-order valence-electron chi connectivity index (χ0n) is 9.60. The standard InChI is InChI=1S/C12H16ClN3S/c13-5-1-2-6-17-9-10-3-4-12-15-11(14)8-16(12)7-10/h3-4,7-8H,1-2,5-6,9,14H2. The van der Waals surface area contributed by atoms with Gasteiger partial charge in [-0.2, -0.15) is 11.8 Å². The van der Waals surface area contributed by atoms with Gasteiger partial charge in [0.1, 0.15) is 11.5 Å². The normalized spacial score (nSPS) is 11.1. The lowest BCUT2D eigenvalue weighted by Crippen LogP contribution is -1.89. The number of fused-ring (bicyclic) bond motifs is 1. The van der Waals surface area contributed by atoms with E-state index in [4.69, 9.17) is 17.3 Å². The second kappa shape index (κ2) is 6.17. The molecule has 0 saturated carbocycles. The Kier molecular flexibility index (Phi) is 4.57. The van der Waals surface area contributed by atoms with Gasteiger partial charge in [-0.05, 0) is 30.2 Å². The molecule has 17 heavy (non-hydrogen) atoms. The van der Waals surface area contributed by atoms with E-state index in [-0.39, 0.29) is 0 Å². The third-order valence-corrected chi connectivity index (χ3v) is 3.85. The quantitative estimate of drug-likeness (QED) is 0.647. The average molecular weight is 270 g/mol. The van der Waals surface area contributed by atoms with Crippen LogP contribution in [0.15, 0.2) is 24.5 Å². The molecule has 0 atom stereocenters. The van der Waals surface area contributed by atoms with Crippen molar-refractivity contribution >= 4 is 34.8 Å². The molecule has 0 fully saturated rings. The number of nitrogens with two attached hydrogens (primary N) is 1. The van der Waals surface area contributed by atoms with Crippen molar-refractivity contribution in [3.63, 3.8) is 0 Å². The largest absolute Gasteiger partial charge is 0.382 e. The molecule has 0 aliphatic heterocycles. The van der Waals surface area contributed by atoms with E-state index in [0.717, 1.165) is 29.5 Å². The van der Waals surface area contributed by atoms with Gasteiger partial charge < -0.3 is 10.1 Å². The van der Waals surface area contributed by atoms with Crippen LogP contribution in [0.5, 0.6) is 0 Å². The summed E-state index contributed by atoms with van der Waals surface area (Å²) in [6.45, 7) is 0. The van der Waals surface area contributed by atoms with Crippen molar-refractivity contribution in [2.45, 2.75) is 18.6 Å². The number of aromatic nitrogens is 2. The Labute approximate surface area is 110 Å². The van der Waals surface area contributed by atoms with Crippen molar-refractivity contribution in [3.8, 4) is 0 Å². The minimum atomic E-state index is 0.567. The minimum absolute atomic E-state index is 0.567. The van der Waals surface area contributed by atoms with E-state index in [1.807, 2.05) is 28.4 Å². The smallest absolute Gasteiger partial charge is 0.142 e. The van der Waals surface area contributed by atoms with Crippen molar-refractivity contribution in [2.24, 2.45) is 0 Å². The Morgan fingerprint density at radius 1 is 1.29 bits per heavy atom. The van der Waals surface area contributed by atoms with Gasteiger partial charge in [-0.1, -0.05) is 6.07 Å². The van der Waals surface area contributed by atoms with E-state index in [1.165, 1.54) is 12.0 Å². The number of hydrogen-bond acceptors (Lipinski definition) is 3. The first-order valence-corrected chi connectivity index (χ1v) is 7.35. The fourth-order valence-corrected chi connectivity index (χ4v) is 2.78. The topological polar surface area (TPSA) is 43.3 Å². The second-order valence-electron chi connectivity index (χ2n) is 3.92. The highest BCUT2D eigenvalue weighted by Crippen LogP contribution is 2.16. The van der Waals surface area contributed by atoms with E-state index in [1.54, 1.807) is 0 Å². The summed E-state index contributed by atoms with van der Waals surface area (Å²) in [4.78, 5) is 4.19. The van der Waals surface area contributed by atoms with Crippen LogP contribution in [0, 0.1) is 0 Å². The highest BCUT2D eigenvalue weighted by atomic mass is 35.5. The van der Waals surface area contributed by atoms with E-state index < -0.39 is 0 Å². The molecular weight excluding hydrogens is 254 g/mol. The summed E-state index contributed by atoms with van der Waals surface area (Å²) < 4.78 is 1.98.